The molecular formula is C20H25FN4O2. The lowest BCUT2D eigenvalue weighted by Crippen LogP contribution is -2.42. The second kappa shape index (κ2) is 8.43. The van der Waals surface area contributed by atoms with Crippen molar-refractivity contribution in [3.05, 3.63) is 52.7 Å². The largest absolute Gasteiger partial charge is 0.464 e. The van der Waals surface area contributed by atoms with Gasteiger partial charge in [0.25, 0.3) is 0 Å². The Kier molecular flexibility index (Phi) is 6.01. The van der Waals surface area contributed by atoms with Gasteiger partial charge in [-0.25, -0.2) is 19.2 Å². The van der Waals surface area contributed by atoms with Crippen molar-refractivity contribution in [2.75, 3.05) is 25.5 Å². The van der Waals surface area contributed by atoms with Crippen molar-refractivity contribution in [2.45, 2.75) is 32.7 Å². The summed E-state index contributed by atoms with van der Waals surface area (Å²) in [7, 11) is 1.33. The second-order valence-electron chi connectivity index (χ2n) is 6.97. The number of carbonyl (C=O) groups is 1. The van der Waals surface area contributed by atoms with Crippen LogP contribution in [-0.4, -0.2) is 42.2 Å². The standard InChI is InChI=1S/C20H25FN4O2/c1-12-11-22-9-8-16(12)25-19-17(10-14-4-6-15(21)7-5-14)24-18(13(2)23-19)20(26)27-3/h4-7,12,16,22H,8-11H2,1-3H3,(H,23,25)/t12-,16-/m0/s1. The fourth-order valence-electron chi connectivity index (χ4n) is 3.28. The number of anilines is 1. The van der Waals surface area contributed by atoms with Crippen molar-refractivity contribution in [1.82, 2.24) is 15.3 Å². The first kappa shape index (κ1) is 19.2. The molecule has 6 nitrogen and oxygen atoms in total. The van der Waals surface area contributed by atoms with E-state index in [2.05, 4.69) is 27.5 Å². The zero-order valence-electron chi connectivity index (χ0n) is 15.9. The first-order valence-corrected chi connectivity index (χ1v) is 9.15. The van der Waals surface area contributed by atoms with Crippen LogP contribution in [0.4, 0.5) is 10.2 Å². The van der Waals surface area contributed by atoms with E-state index in [4.69, 9.17) is 4.74 Å². The van der Waals surface area contributed by atoms with Crippen LogP contribution in [0.3, 0.4) is 0 Å². The number of hydrogen-bond acceptors (Lipinski definition) is 6. The van der Waals surface area contributed by atoms with E-state index in [1.807, 2.05) is 0 Å². The number of carbonyl (C=O) groups excluding carboxylic acids is 1. The van der Waals surface area contributed by atoms with Crippen LogP contribution in [0.25, 0.3) is 0 Å². The minimum atomic E-state index is -0.512. The Hall–Kier alpha value is -2.54. The molecule has 2 atom stereocenters. The van der Waals surface area contributed by atoms with Gasteiger partial charge in [-0.15, -0.1) is 0 Å². The molecule has 1 fully saturated rings. The third-order valence-corrected chi connectivity index (χ3v) is 4.91. The van der Waals surface area contributed by atoms with E-state index >= 15 is 0 Å². The number of halogens is 1. The van der Waals surface area contributed by atoms with Crippen molar-refractivity contribution in [3.8, 4) is 0 Å². The van der Waals surface area contributed by atoms with E-state index in [1.165, 1.54) is 19.2 Å². The number of aromatic nitrogens is 2. The van der Waals surface area contributed by atoms with E-state index in [-0.39, 0.29) is 17.6 Å². The summed E-state index contributed by atoms with van der Waals surface area (Å²) in [6.07, 6.45) is 1.43. The van der Waals surface area contributed by atoms with Crippen molar-refractivity contribution in [2.24, 2.45) is 5.92 Å². The normalized spacial score (nSPS) is 19.6. The maximum atomic E-state index is 13.2. The Morgan fingerprint density at radius 3 is 2.74 bits per heavy atom. The molecule has 1 saturated heterocycles. The predicted octanol–water partition coefficient (Wildman–Crippen LogP) is 2.71. The van der Waals surface area contributed by atoms with E-state index in [9.17, 15) is 9.18 Å². The Balaban J connectivity index is 1.95. The van der Waals surface area contributed by atoms with Gasteiger partial charge in [0.2, 0.25) is 0 Å². The molecule has 1 aliphatic rings. The minimum Gasteiger partial charge on any atom is -0.464 e. The first-order valence-electron chi connectivity index (χ1n) is 9.15. The molecule has 7 heteroatoms. The molecular weight excluding hydrogens is 347 g/mol. The summed E-state index contributed by atoms with van der Waals surface area (Å²) >= 11 is 0. The van der Waals surface area contributed by atoms with Crippen LogP contribution in [-0.2, 0) is 11.2 Å². The highest BCUT2D eigenvalue weighted by molar-refractivity contribution is 5.88. The summed E-state index contributed by atoms with van der Waals surface area (Å²) in [4.78, 5) is 21.2. The summed E-state index contributed by atoms with van der Waals surface area (Å²) in [6.45, 7) is 5.82. The smallest absolute Gasteiger partial charge is 0.358 e. The SMILES string of the molecule is COC(=O)c1nc(Cc2ccc(F)cc2)c(N[C@H]2CCNC[C@@H]2C)nc1C. The van der Waals surface area contributed by atoms with E-state index in [1.54, 1.807) is 19.1 Å². The molecule has 0 saturated carbocycles. The third kappa shape index (κ3) is 4.60. The average Bonchev–Trinajstić information content (AvgIpc) is 2.66. The molecule has 2 aromatic rings. The summed E-state index contributed by atoms with van der Waals surface area (Å²) in [5.41, 5.74) is 2.28. The van der Waals surface area contributed by atoms with Gasteiger partial charge in [-0.1, -0.05) is 19.1 Å². The van der Waals surface area contributed by atoms with Gasteiger partial charge in [0.15, 0.2) is 5.69 Å². The zero-order chi connectivity index (χ0) is 19.4. The van der Waals surface area contributed by atoms with Crippen molar-refractivity contribution < 1.29 is 13.9 Å². The fourth-order valence-corrected chi connectivity index (χ4v) is 3.28. The van der Waals surface area contributed by atoms with Gasteiger partial charge in [-0.2, -0.15) is 0 Å². The summed E-state index contributed by atoms with van der Waals surface area (Å²) in [5, 5.41) is 6.90. The van der Waals surface area contributed by atoms with Crippen LogP contribution < -0.4 is 10.6 Å². The van der Waals surface area contributed by atoms with Gasteiger partial charge in [0.05, 0.1) is 18.5 Å². The highest BCUT2D eigenvalue weighted by Gasteiger charge is 2.24. The topological polar surface area (TPSA) is 76.1 Å². The van der Waals surface area contributed by atoms with E-state index < -0.39 is 5.97 Å². The molecule has 1 aliphatic heterocycles. The molecule has 1 aromatic carbocycles. The average molecular weight is 372 g/mol. The van der Waals surface area contributed by atoms with Crippen LogP contribution in [0.2, 0.25) is 0 Å². The molecule has 0 aliphatic carbocycles. The molecule has 0 amide bonds. The molecule has 3 rings (SSSR count). The Labute approximate surface area is 158 Å². The van der Waals surface area contributed by atoms with Gasteiger partial charge >= 0.3 is 5.97 Å². The highest BCUT2D eigenvalue weighted by Crippen LogP contribution is 2.22. The second-order valence-corrected chi connectivity index (χ2v) is 6.97. The van der Waals surface area contributed by atoms with Crippen LogP contribution >= 0.6 is 0 Å². The number of benzene rings is 1. The fraction of sp³-hybridized carbons (Fsp3) is 0.450. The minimum absolute atomic E-state index is 0.207. The molecule has 0 unspecified atom stereocenters. The molecule has 144 valence electrons. The highest BCUT2D eigenvalue weighted by atomic mass is 19.1. The maximum absolute atomic E-state index is 13.2. The number of nitrogens with zero attached hydrogens (tertiary/aromatic N) is 2. The molecule has 0 radical (unpaired) electrons. The number of esters is 1. The predicted molar refractivity (Wildman–Crippen MR) is 101 cm³/mol. The third-order valence-electron chi connectivity index (χ3n) is 4.91. The molecule has 2 N–H and O–H groups in total. The van der Waals surface area contributed by atoms with E-state index in [0.717, 1.165) is 25.1 Å². The Morgan fingerprint density at radius 1 is 1.33 bits per heavy atom. The van der Waals surface area contributed by atoms with Crippen molar-refractivity contribution >= 4 is 11.8 Å². The number of methoxy groups -OCH3 is 1. The van der Waals surface area contributed by atoms with E-state index in [0.29, 0.717) is 29.5 Å². The number of rotatable bonds is 5. The Morgan fingerprint density at radius 2 is 2.07 bits per heavy atom. The zero-order valence-corrected chi connectivity index (χ0v) is 15.9. The monoisotopic (exact) mass is 372 g/mol. The Bertz CT molecular complexity index is 810. The van der Waals surface area contributed by atoms with Gasteiger partial charge in [-0.3, -0.25) is 0 Å². The molecule has 27 heavy (non-hydrogen) atoms. The van der Waals surface area contributed by atoms with Crippen LogP contribution in [0.5, 0.6) is 0 Å². The number of hydrogen-bond donors (Lipinski definition) is 2. The molecule has 0 spiro atoms. The van der Waals surface area contributed by atoms with Crippen molar-refractivity contribution in [1.29, 1.82) is 0 Å². The van der Waals surface area contributed by atoms with Crippen LogP contribution in [0.1, 0.15) is 40.8 Å². The maximum Gasteiger partial charge on any atom is 0.358 e. The van der Waals surface area contributed by atoms with Crippen molar-refractivity contribution in [3.63, 3.8) is 0 Å². The summed E-state index contributed by atoms with van der Waals surface area (Å²) in [5.74, 6) is 0.316. The molecule has 1 aromatic heterocycles. The van der Waals surface area contributed by atoms with Gasteiger partial charge in [0, 0.05) is 12.5 Å². The lowest BCUT2D eigenvalue weighted by atomic mass is 9.95. The van der Waals surface area contributed by atoms with Gasteiger partial charge < -0.3 is 15.4 Å². The lowest BCUT2D eigenvalue weighted by molar-refractivity contribution is 0.0592. The van der Waals surface area contributed by atoms with Gasteiger partial charge in [0.1, 0.15) is 11.6 Å². The van der Waals surface area contributed by atoms with Crippen LogP contribution in [0.15, 0.2) is 24.3 Å². The number of nitrogens with one attached hydrogen (secondary N) is 2. The number of piperidine rings is 1. The van der Waals surface area contributed by atoms with Gasteiger partial charge in [-0.05, 0) is 50.0 Å². The lowest BCUT2D eigenvalue weighted by Gasteiger charge is -2.31. The quantitative estimate of drug-likeness (QED) is 0.786. The number of ether oxygens (including phenoxy) is 1. The number of aryl methyl sites for hydroxylation is 1. The first-order chi connectivity index (χ1) is 13.0. The summed E-state index contributed by atoms with van der Waals surface area (Å²) in [6, 6.07) is 6.54. The van der Waals surface area contributed by atoms with Crippen LogP contribution in [0, 0.1) is 18.7 Å². The molecule has 2 heterocycles. The molecule has 0 bridgehead atoms. The summed E-state index contributed by atoms with van der Waals surface area (Å²) < 4.78 is 18.0.